The Morgan fingerprint density at radius 1 is 1.07 bits per heavy atom. The fraction of sp³-hybridized carbons (Fsp3) is 0.190. The summed E-state index contributed by atoms with van der Waals surface area (Å²) >= 11 is 1.20. The number of anilines is 2. The molecule has 0 N–H and O–H groups in total. The number of ketones is 1. The molecule has 0 unspecified atom stereocenters. The summed E-state index contributed by atoms with van der Waals surface area (Å²) in [7, 11) is 3.71. The molecule has 8 nitrogen and oxygen atoms in total. The molecule has 0 radical (unpaired) electrons. The molecule has 0 fully saturated rings. The van der Waals surface area contributed by atoms with Crippen LogP contribution in [-0.4, -0.2) is 45.8 Å². The van der Waals surface area contributed by atoms with Gasteiger partial charge in [-0.1, -0.05) is 41.6 Å². The minimum Gasteiger partial charge on any atom is -0.328 e. The van der Waals surface area contributed by atoms with E-state index >= 15 is 0 Å². The Kier molecular flexibility index (Phi) is 5.25. The number of hydrogen-bond donors (Lipinski definition) is 0. The number of fused-ring (bicyclic) bond motifs is 1. The largest absolute Gasteiger partial charge is 0.328 e. The Morgan fingerprint density at radius 2 is 1.70 bits per heavy atom. The van der Waals surface area contributed by atoms with E-state index in [0.717, 1.165) is 22.6 Å². The molecule has 1 aliphatic heterocycles. The monoisotopic (exact) mass is 417 g/mol. The van der Waals surface area contributed by atoms with Crippen molar-refractivity contribution in [1.82, 2.24) is 20.2 Å². The summed E-state index contributed by atoms with van der Waals surface area (Å²) in [4.78, 5) is 16.7. The van der Waals surface area contributed by atoms with Crippen LogP contribution in [0.1, 0.15) is 5.56 Å². The van der Waals surface area contributed by atoms with Crippen LogP contribution in [-0.2, 0) is 4.79 Å². The predicted octanol–water partition coefficient (Wildman–Crippen LogP) is 2.95. The van der Waals surface area contributed by atoms with E-state index in [-0.39, 0.29) is 17.1 Å². The second-order valence-corrected chi connectivity index (χ2v) is 7.78. The summed E-state index contributed by atoms with van der Waals surface area (Å²) in [5, 5.41) is 22.0. The number of Topliss-reactive ketones (excluding diaryl/α,β-unsaturated/α-hetero) is 1. The lowest BCUT2D eigenvalue weighted by Crippen LogP contribution is -2.26. The number of aryl methyl sites for hydroxylation is 1. The topological polar surface area (TPSA) is 90.9 Å². The minimum absolute atomic E-state index is 0.0522. The van der Waals surface area contributed by atoms with Crippen molar-refractivity contribution < 1.29 is 4.79 Å². The summed E-state index contributed by atoms with van der Waals surface area (Å²) in [6.07, 6.45) is 0. The number of hydrogen-bond acceptors (Lipinski definition) is 8. The molecule has 0 bridgehead atoms. The van der Waals surface area contributed by atoms with Crippen LogP contribution in [0.15, 0.2) is 65.1 Å². The van der Waals surface area contributed by atoms with Gasteiger partial charge >= 0.3 is 0 Å². The molecule has 3 aromatic rings. The third-order valence-corrected chi connectivity index (χ3v) is 5.83. The molecule has 150 valence electrons. The summed E-state index contributed by atoms with van der Waals surface area (Å²) in [6.45, 7) is 2.00. The Bertz CT molecular complexity index is 1150. The van der Waals surface area contributed by atoms with Gasteiger partial charge in [0.1, 0.15) is 17.5 Å². The first-order chi connectivity index (χ1) is 14.5. The summed E-state index contributed by atoms with van der Waals surface area (Å²) in [6, 6.07) is 17.7. The molecular weight excluding hydrogens is 398 g/mol. The third-order valence-electron chi connectivity index (χ3n) is 4.91. The second-order valence-electron chi connectivity index (χ2n) is 6.84. The average molecular weight is 417 g/mol. The number of thioether (sulfide) groups is 1. The zero-order chi connectivity index (χ0) is 21.3. The fourth-order valence-corrected chi connectivity index (χ4v) is 4.14. The van der Waals surface area contributed by atoms with E-state index in [1.54, 1.807) is 4.68 Å². The number of nitrogens with zero attached hydrogens (tertiary/aromatic N) is 7. The van der Waals surface area contributed by atoms with Crippen LogP contribution in [0.4, 0.5) is 11.4 Å². The molecule has 4 rings (SSSR count). The number of aromatic nitrogens is 4. The lowest BCUT2D eigenvalue weighted by atomic mass is 10.2. The number of carbonyl (C=O) groups excluding carboxylic acids is 1. The first kappa shape index (κ1) is 19.7. The van der Waals surface area contributed by atoms with E-state index in [1.165, 1.54) is 11.8 Å². The molecule has 30 heavy (non-hydrogen) atoms. The van der Waals surface area contributed by atoms with Gasteiger partial charge in [0.15, 0.2) is 5.78 Å². The van der Waals surface area contributed by atoms with Crippen molar-refractivity contribution in [2.75, 3.05) is 29.6 Å². The molecule has 0 saturated heterocycles. The highest BCUT2D eigenvalue weighted by Crippen LogP contribution is 2.40. The van der Waals surface area contributed by atoms with E-state index in [0.29, 0.717) is 11.0 Å². The molecule has 0 aliphatic carbocycles. The van der Waals surface area contributed by atoms with Crippen LogP contribution in [0.25, 0.3) is 5.69 Å². The van der Waals surface area contributed by atoms with E-state index < -0.39 is 0 Å². The Hall–Kier alpha value is -3.64. The molecule has 2 aromatic carbocycles. The predicted molar refractivity (Wildman–Crippen MR) is 116 cm³/mol. The molecule has 0 atom stereocenters. The maximum absolute atomic E-state index is 13.0. The summed E-state index contributed by atoms with van der Waals surface area (Å²) in [5.74, 6) is 0.348. The number of allylic oxidation sites excluding steroid dienone is 1. The van der Waals surface area contributed by atoms with Gasteiger partial charge in [-0.05, 0) is 41.6 Å². The Morgan fingerprint density at radius 3 is 2.30 bits per heavy atom. The maximum atomic E-state index is 13.0. The van der Waals surface area contributed by atoms with Crippen molar-refractivity contribution in [3.05, 3.63) is 65.5 Å². The zero-order valence-corrected chi connectivity index (χ0v) is 17.6. The fourth-order valence-electron chi connectivity index (χ4n) is 3.38. The molecular formula is C21H19N7OS. The van der Waals surface area contributed by atoms with Crippen LogP contribution < -0.4 is 9.80 Å². The van der Waals surface area contributed by atoms with E-state index in [9.17, 15) is 10.1 Å². The standard InChI is InChI=1S/C21H19N7OS/c1-14-8-10-15(11-9-14)28-21(23-24-25-28)30-13-19(29)16(12-22)20-26(2)17-6-4-5-7-18(17)27(20)3/h4-11H,13H2,1-3H3. The van der Waals surface area contributed by atoms with Crippen molar-refractivity contribution in [3.63, 3.8) is 0 Å². The smallest absolute Gasteiger partial charge is 0.214 e. The summed E-state index contributed by atoms with van der Waals surface area (Å²) in [5.41, 5.74) is 3.95. The average Bonchev–Trinajstić information content (AvgIpc) is 3.32. The van der Waals surface area contributed by atoms with Crippen molar-refractivity contribution in [2.45, 2.75) is 12.1 Å². The van der Waals surface area contributed by atoms with Crippen LogP contribution >= 0.6 is 11.8 Å². The van der Waals surface area contributed by atoms with Gasteiger partial charge < -0.3 is 9.80 Å². The minimum atomic E-state index is -0.275. The lowest BCUT2D eigenvalue weighted by molar-refractivity contribution is -0.112. The number of carbonyl (C=O) groups is 1. The van der Waals surface area contributed by atoms with E-state index in [2.05, 4.69) is 21.6 Å². The Balaban J connectivity index is 1.57. The number of para-hydroxylation sites is 2. The van der Waals surface area contributed by atoms with Gasteiger partial charge in [0.05, 0.1) is 22.8 Å². The normalized spacial score (nSPS) is 12.7. The highest BCUT2D eigenvalue weighted by atomic mass is 32.2. The van der Waals surface area contributed by atoms with Gasteiger partial charge in [-0.15, -0.1) is 5.10 Å². The van der Waals surface area contributed by atoms with Gasteiger partial charge in [0, 0.05) is 14.1 Å². The molecule has 0 amide bonds. The number of benzene rings is 2. The molecule has 2 heterocycles. The molecule has 1 aliphatic rings. The number of tetrazole rings is 1. The second kappa shape index (κ2) is 8.00. The van der Waals surface area contributed by atoms with Gasteiger partial charge in [-0.2, -0.15) is 9.94 Å². The molecule has 0 spiro atoms. The van der Waals surface area contributed by atoms with Crippen LogP contribution in [0.5, 0.6) is 0 Å². The molecule has 1 aromatic heterocycles. The van der Waals surface area contributed by atoms with Crippen molar-refractivity contribution in [1.29, 1.82) is 5.26 Å². The van der Waals surface area contributed by atoms with Gasteiger partial charge in [-0.25, -0.2) is 0 Å². The van der Waals surface area contributed by atoms with Crippen LogP contribution in [0, 0.1) is 18.3 Å². The van der Waals surface area contributed by atoms with E-state index in [1.807, 2.05) is 79.3 Å². The van der Waals surface area contributed by atoms with Crippen LogP contribution in [0.3, 0.4) is 0 Å². The van der Waals surface area contributed by atoms with Crippen molar-refractivity contribution in [3.8, 4) is 11.8 Å². The van der Waals surface area contributed by atoms with Gasteiger partial charge in [-0.3, -0.25) is 4.79 Å². The van der Waals surface area contributed by atoms with E-state index in [4.69, 9.17) is 0 Å². The van der Waals surface area contributed by atoms with Crippen LogP contribution in [0.2, 0.25) is 0 Å². The lowest BCUT2D eigenvalue weighted by Gasteiger charge is -2.19. The van der Waals surface area contributed by atoms with Crippen molar-refractivity contribution >= 4 is 28.9 Å². The maximum Gasteiger partial charge on any atom is 0.214 e. The SMILES string of the molecule is Cc1ccc(-n2nnnc2SCC(=O)C(C#N)=C2N(C)c3ccccc3N2C)cc1. The third kappa shape index (κ3) is 3.42. The number of nitriles is 1. The Labute approximate surface area is 178 Å². The molecule has 9 heteroatoms. The molecule has 0 saturated carbocycles. The highest BCUT2D eigenvalue weighted by molar-refractivity contribution is 7.99. The van der Waals surface area contributed by atoms with Gasteiger partial charge in [0.25, 0.3) is 0 Å². The summed E-state index contributed by atoms with van der Waals surface area (Å²) < 4.78 is 1.58. The first-order valence-corrected chi connectivity index (χ1v) is 10.2. The van der Waals surface area contributed by atoms with Gasteiger partial charge in [0.2, 0.25) is 5.16 Å². The van der Waals surface area contributed by atoms with Crippen molar-refractivity contribution in [2.24, 2.45) is 0 Å². The first-order valence-electron chi connectivity index (χ1n) is 9.23. The zero-order valence-electron chi connectivity index (χ0n) is 16.8. The highest BCUT2D eigenvalue weighted by Gasteiger charge is 2.31. The quantitative estimate of drug-likeness (QED) is 0.356. The number of rotatable bonds is 5.